The summed E-state index contributed by atoms with van der Waals surface area (Å²) in [6.07, 6.45) is 0. The van der Waals surface area contributed by atoms with Gasteiger partial charge in [-0.2, -0.15) is 0 Å². The summed E-state index contributed by atoms with van der Waals surface area (Å²) >= 11 is 0. The van der Waals surface area contributed by atoms with E-state index in [9.17, 15) is 14.4 Å². The van der Waals surface area contributed by atoms with E-state index in [1.54, 1.807) is 18.2 Å². The first-order valence-electron chi connectivity index (χ1n) is 10.4. The summed E-state index contributed by atoms with van der Waals surface area (Å²) in [5, 5.41) is 6.33. The van der Waals surface area contributed by atoms with Gasteiger partial charge in [0, 0.05) is 23.4 Å². The summed E-state index contributed by atoms with van der Waals surface area (Å²) < 4.78 is 10.8. The van der Waals surface area contributed by atoms with Crippen molar-refractivity contribution in [1.29, 1.82) is 0 Å². The summed E-state index contributed by atoms with van der Waals surface area (Å²) in [4.78, 5) is 42.0. The molecule has 2 fully saturated rings. The number of carbonyl (C=O) groups excluding carboxylic acids is 3. The van der Waals surface area contributed by atoms with Crippen molar-refractivity contribution < 1.29 is 23.9 Å². The van der Waals surface area contributed by atoms with Gasteiger partial charge in [0.05, 0.1) is 17.5 Å². The van der Waals surface area contributed by atoms with Crippen LogP contribution in [0.4, 0.5) is 11.4 Å². The zero-order valence-electron chi connectivity index (χ0n) is 17.0. The second-order valence-corrected chi connectivity index (χ2v) is 8.77. The molecule has 31 heavy (non-hydrogen) atoms. The Hall–Kier alpha value is -3.39. The van der Waals surface area contributed by atoms with Crippen molar-refractivity contribution in [2.24, 2.45) is 17.8 Å². The van der Waals surface area contributed by atoms with Crippen molar-refractivity contribution in [3.05, 3.63) is 48.0 Å². The Balaban J connectivity index is 1.50. The molecule has 6 rings (SSSR count). The topological polar surface area (TPSA) is 97.0 Å². The molecule has 0 saturated carbocycles. The van der Waals surface area contributed by atoms with E-state index in [4.69, 9.17) is 9.47 Å². The second-order valence-electron chi connectivity index (χ2n) is 8.77. The maximum Gasteiger partial charge on any atom is 0.250 e. The Kier molecular flexibility index (Phi) is 3.60. The van der Waals surface area contributed by atoms with Gasteiger partial charge in [-0.1, -0.05) is 32.0 Å². The minimum atomic E-state index is -1.27. The van der Waals surface area contributed by atoms with Crippen LogP contribution >= 0.6 is 0 Å². The smallest absolute Gasteiger partial charge is 0.250 e. The van der Waals surface area contributed by atoms with Crippen molar-refractivity contribution in [2.75, 3.05) is 17.0 Å². The number of para-hydroxylation sites is 1. The van der Waals surface area contributed by atoms with E-state index in [0.717, 1.165) is 0 Å². The number of nitrogens with zero attached hydrogens (tertiary/aromatic N) is 1. The lowest BCUT2D eigenvalue weighted by Gasteiger charge is -2.30. The zero-order chi connectivity index (χ0) is 21.5. The van der Waals surface area contributed by atoms with Gasteiger partial charge in [-0.25, -0.2) is 4.90 Å². The second kappa shape index (κ2) is 6.07. The van der Waals surface area contributed by atoms with Crippen LogP contribution in [0.1, 0.15) is 19.4 Å². The molecule has 0 radical (unpaired) electrons. The summed E-state index contributed by atoms with van der Waals surface area (Å²) in [6, 6.07) is 12.0. The van der Waals surface area contributed by atoms with Crippen LogP contribution in [0.2, 0.25) is 0 Å². The molecule has 2 saturated heterocycles. The average molecular weight is 419 g/mol. The monoisotopic (exact) mass is 419 g/mol. The summed E-state index contributed by atoms with van der Waals surface area (Å²) in [7, 11) is 0. The Morgan fingerprint density at radius 1 is 1.03 bits per heavy atom. The molecule has 0 aliphatic carbocycles. The maximum absolute atomic E-state index is 13.8. The third kappa shape index (κ3) is 2.20. The first-order valence-corrected chi connectivity index (χ1v) is 10.4. The Morgan fingerprint density at radius 3 is 2.61 bits per heavy atom. The molecule has 2 aromatic carbocycles. The van der Waals surface area contributed by atoms with Crippen molar-refractivity contribution >= 4 is 29.1 Å². The number of benzene rings is 2. The lowest BCUT2D eigenvalue weighted by molar-refractivity contribution is -0.130. The summed E-state index contributed by atoms with van der Waals surface area (Å²) in [5.41, 5.74) is 0.545. The van der Waals surface area contributed by atoms with E-state index in [0.29, 0.717) is 28.4 Å². The first kappa shape index (κ1) is 18.4. The predicted molar refractivity (Wildman–Crippen MR) is 111 cm³/mol. The Bertz CT molecular complexity index is 1160. The molecule has 2 aromatic rings. The van der Waals surface area contributed by atoms with Crippen molar-refractivity contribution in [3.8, 4) is 11.5 Å². The number of nitrogens with one attached hydrogen (secondary N) is 2. The van der Waals surface area contributed by atoms with E-state index in [1.165, 1.54) is 4.90 Å². The molecule has 4 heterocycles. The molecule has 8 heteroatoms. The molecular weight excluding hydrogens is 398 g/mol. The highest BCUT2D eigenvalue weighted by Gasteiger charge is 2.70. The summed E-state index contributed by atoms with van der Waals surface area (Å²) in [5.74, 6) is -1.33. The average Bonchev–Trinajstić information content (AvgIpc) is 3.47. The molecule has 4 aliphatic rings. The molecular formula is C23H21N3O5. The highest BCUT2D eigenvalue weighted by atomic mass is 16.7. The van der Waals surface area contributed by atoms with Gasteiger partial charge in [0.2, 0.25) is 24.5 Å². The summed E-state index contributed by atoms with van der Waals surface area (Å²) in [6.45, 7) is 4.09. The van der Waals surface area contributed by atoms with Gasteiger partial charge in [0.15, 0.2) is 11.5 Å². The minimum Gasteiger partial charge on any atom is -0.454 e. The zero-order valence-corrected chi connectivity index (χ0v) is 17.0. The lowest BCUT2D eigenvalue weighted by atomic mass is 9.76. The SMILES string of the molecule is CC(C)[C@@H]1N[C@]2(C(=O)Nc3ccccc32)[C@@H]2C(=O)N(c3ccc4c(c3)OCO4)C(=O)[C@@H]21. The standard InChI is InChI=1S/C23H21N3O5/c1-11(2)19-17-18(23(25-19)13-5-3-4-6-14(13)24-22(23)29)21(28)26(20(17)27)12-7-8-15-16(9-12)31-10-30-15/h3-9,11,17-19,25H,10H2,1-2H3,(H,24,29)/t17-,18-,19-,23-/m0/s1. The normalized spacial score (nSPS) is 30.4. The highest BCUT2D eigenvalue weighted by Crippen LogP contribution is 2.54. The number of hydrogen-bond acceptors (Lipinski definition) is 6. The van der Waals surface area contributed by atoms with E-state index in [1.807, 2.05) is 38.1 Å². The molecule has 8 nitrogen and oxygen atoms in total. The minimum absolute atomic E-state index is 0.0425. The van der Waals surface area contributed by atoms with E-state index < -0.39 is 17.4 Å². The van der Waals surface area contributed by atoms with Crippen LogP contribution in [0.5, 0.6) is 11.5 Å². The van der Waals surface area contributed by atoms with Crippen LogP contribution in [0.3, 0.4) is 0 Å². The first-order chi connectivity index (χ1) is 14.9. The number of amides is 3. The van der Waals surface area contributed by atoms with E-state index >= 15 is 0 Å². The fourth-order valence-electron chi connectivity index (χ4n) is 5.54. The lowest BCUT2D eigenvalue weighted by Crippen LogP contribution is -2.54. The molecule has 0 aromatic heterocycles. The number of rotatable bonds is 2. The largest absolute Gasteiger partial charge is 0.454 e. The molecule has 4 aliphatic heterocycles. The highest BCUT2D eigenvalue weighted by molar-refractivity contribution is 6.25. The Morgan fingerprint density at radius 2 is 1.81 bits per heavy atom. The van der Waals surface area contributed by atoms with Gasteiger partial charge >= 0.3 is 0 Å². The third-order valence-corrected chi connectivity index (χ3v) is 6.89. The number of carbonyl (C=O) groups is 3. The van der Waals surface area contributed by atoms with Crippen molar-refractivity contribution in [1.82, 2.24) is 5.32 Å². The predicted octanol–water partition coefficient (Wildman–Crippen LogP) is 2.00. The molecule has 3 amide bonds. The molecule has 2 N–H and O–H groups in total. The van der Waals surface area contributed by atoms with Crippen molar-refractivity contribution in [2.45, 2.75) is 25.4 Å². The van der Waals surface area contributed by atoms with E-state index in [-0.39, 0.29) is 36.5 Å². The maximum atomic E-state index is 13.8. The molecule has 0 bridgehead atoms. The van der Waals surface area contributed by atoms with Crippen LogP contribution in [0.25, 0.3) is 0 Å². The van der Waals surface area contributed by atoms with Gasteiger partial charge < -0.3 is 14.8 Å². The van der Waals surface area contributed by atoms with Crippen LogP contribution in [0, 0.1) is 17.8 Å². The number of imide groups is 1. The fraction of sp³-hybridized carbons (Fsp3) is 0.348. The number of ether oxygens (including phenoxy) is 2. The molecule has 1 spiro atoms. The number of anilines is 2. The van der Waals surface area contributed by atoms with Gasteiger partial charge in [-0.05, 0) is 24.1 Å². The van der Waals surface area contributed by atoms with Crippen LogP contribution in [-0.4, -0.2) is 30.6 Å². The van der Waals surface area contributed by atoms with Gasteiger partial charge in [0.25, 0.3) is 0 Å². The van der Waals surface area contributed by atoms with Crippen molar-refractivity contribution in [3.63, 3.8) is 0 Å². The quantitative estimate of drug-likeness (QED) is 0.723. The van der Waals surface area contributed by atoms with Gasteiger partial charge in [0.1, 0.15) is 5.54 Å². The van der Waals surface area contributed by atoms with Crippen LogP contribution < -0.4 is 25.0 Å². The van der Waals surface area contributed by atoms with E-state index in [2.05, 4.69) is 10.6 Å². The number of fused-ring (bicyclic) bond motifs is 5. The fourth-order valence-corrected chi connectivity index (χ4v) is 5.54. The van der Waals surface area contributed by atoms with Gasteiger partial charge in [-0.15, -0.1) is 0 Å². The molecule has 0 unspecified atom stereocenters. The van der Waals surface area contributed by atoms with Gasteiger partial charge in [-0.3, -0.25) is 19.7 Å². The molecule has 158 valence electrons. The number of hydrogen-bond donors (Lipinski definition) is 2. The van der Waals surface area contributed by atoms with Crippen LogP contribution in [0.15, 0.2) is 42.5 Å². The molecule has 4 atom stereocenters. The third-order valence-electron chi connectivity index (χ3n) is 6.89. The Labute approximate surface area is 178 Å². The van der Waals surface area contributed by atoms with Crippen LogP contribution in [-0.2, 0) is 19.9 Å².